The first-order valence-electron chi connectivity index (χ1n) is 9.06. The molecule has 0 amide bonds. The minimum atomic E-state index is 0. The van der Waals surface area contributed by atoms with Crippen LogP contribution in [0.25, 0.3) is 11.0 Å². The van der Waals surface area contributed by atoms with Crippen molar-refractivity contribution in [1.82, 2.24) is 20.2 Å². The van der Waals surface area contributed by atoms with Crippen molar-refractivity contribution in [3.05, 3.63) is 54.4 Å². The molecule has 8 heteroatoms. The number of halogens is 1. The van der Waals surface area contributed by atoms with Crippen molar-refractivity contribution >= 4 is 41.0 Å². The van der Waals surface area contributed by atoms with Gasteiger partial charge in [-0.3, -0.25) is 4.99 Å². The highest BCUT2D eigenvalue weighted by molar-refractivity contribution is 14.0. The number of fused-ring (bicyclic) bond motifs is 2. The van der Waals surface area contributed by atoms with E-state index in [1.165, 1.54) is 5.52 Å². The summed E-state index contributed by atoms with van der Waals surface area (Å²) in [5.41, 5.74) is 3.32. The molecule has 0 radical (unpaired) electrons. The molecule has 0 saturated carbocycles. The van der Waals surface area contributed by atoms with Crippen molar-refractivity contribution in [2.45, 2.75) is 19.5 Å². The fourth-order valence-corrected chi connectivity index (χ4v) is 3.10. The van der Waals surface area contributed by atoms with E-state index in [1.807, 2.05) is 42.7 Å². The summed E-state index contributed by atoms with van der Waals surface area (Å²) in [4.78, 5) is 8.70. The van der Waals surface area contributed by atoms with Crippen LogP contribution < -0.4 is 20.1 Å². The first-order chi connectivity index (χ1) is 13.3. The van der Waals surface area contributed by atoms with Gasteiger partial charge in [0.2, 0.25) is 6.79 Å². The summed E-state index contributed by atoms with van der Waals surface area (Å²) in [5.74, 6) is 2.38. The van der Waals surface area contributed by atoms with Gasteiger partial charge in [-0.05, 0) is 36.2 Å². The van der Waals surface area contributed by atoms with E-state index < -0.39 is 0 Å². The van der Waals surface area contributed by atoms with Gasteiger partial charge in [0.1, 0.15) is 0 Å². The predicted octanol–water partition coefficient (Wildman–Crippen LogP) is 3.14. The van der Waals surface area contributed by atoms with Crippen molar-refractivity contribution in [2.75, 3.05) is 20.4 Å². The molecule has 1 aromatic heterocycles. The van der Waals surface area contributed by atoms with Gasteiger partial charge in [-0.15, -0.1) is 24.0 Å². The number of guanidine groups is 1. The molecular formula is C20H24IN5O2. The maximum atomic E-state index is 5.41. The number of hydrogen-bond donors (Lipinski definition) is 2. The fraction of sp³-hybridized carbons (Fsp3) is 0.300. The van der Waals surface area contributed by atoms with E-state index in [4.69, 9.17) is 9.47 Å². The Morgan fingerprint density at radius 1 is 1.14 bits per heavy atom. The summed E-state index contributed by atoms with van der Waals surface area (Å²) in [6.45, 7) is 2.70. The number of nitrogens with zero attached hydrogens (tertiary/aromatic N) is 3. The Bertz CT molecular complexity index is 957. The maximum Gasteiger partial charge on any atom is 0.231 e. The van der Waals surface area contributed by atoms with E-state index in [0.29, 0.717) is 13.3 Å². The van der Waals surface area contributed by atoms with Gasteiger partial charge in [0.25, 0.3) is 0 Å². The van der Waals surface area contributed by atoms with Gasteiger partial charge in [-0.1, -0.05) is 18.2 Å². The second kappa shape index (κ2) is 9.63. The lowest BCUT2D eigenvalue weighted by Gasteiger charge is -2.12. The van der Waals surface area contributed by atoms with Crippen LogP contribution in [0, 0.1) is 0 Å². The Hall–Kier alpha value is -2.49. The minimum Gasteiger partial charge on any atom is -0.454 e. The van der Waals surface area contributed by atoms with Gasteiger partial charge >= 0.3 is 0 Å². The summed E-state index contributed by atoms with van der Waals surface area (Å²) in [5, 5.41) is 6.68. The molecule has 0 atom stereocenters. The summed E-state index contributed by atoms with van der Waals surface area (Å²) in [6.07, 6.45) is 2.88. The van der Waals surface area contributed by atoms with Gasteiger partial charge in [0, 0.05) is 26.7 Å². The van der Waals surface area contributed by atoms with Crippen molar-refractivity contribution in [3.63, 3.8) is 0 Å². The average Bonchev–Trinajstić information content (AvgIpc) is 3.34. The third kappa shape index (κ3) is 4.67. The smallest absolute Gasteiger partial charge is 0.231 e. The van der Waals surface area contributed by atoms with Gasteiger partial charge in [0.05, 0.1) is 17.4 Å². The third-order valence-electron chi connectivity index (χ3n) is 4.52. The normalized spacial score (nSPS) is 12.7. The quantitative estimate of drug-likeness (QED) is 0.239. The molecule has 3 aromatic rings. The van der Waals surface area contributed by atoms with Gasteiger partial charge in [-0.2, -0.15) is 0 Å². The van der Waals surface area contributed by atoms with E-state index in [0.717, 1.165) is 48.0 Å². The molecule has 28 heavy (non-hydrogen) atoms. The molecule has 4 rings (SSSR count). The van der Waals surface area contributed by atoms with E-state index in [2.05, 4.69) is 31.2 Å². The van der Waals surface area contributed by atoms with E-state index in [9.17, 15) is 0 Å². The highest BCUT2D eigenvalue weighted by atomic mass is 127. The number of benzene rings is 2. The van der Waals surface area contributed by atoms with Crippen LogP contribution in [0.4, 0.5) is 0 Å². The SMILES string of the molecule is CN=C(NCCCn1cnc2ccccc21)NCc1ccc2c(c1)OCO2.I. The van der Waals surface area contributed by atoms with Gasteiger partial charge in [0.15, 0.2) is 17.5 Å². The molecule has 0 fully saturated rings. The van der Waals surface area contributed by atoms with E-state index >= 15 is 0 Å². The number of rotatable bonds is 6. The summed E-state index contributed by atoms with van der Waals surface area (Å²) in [6, 6.07) is 14.1. The number of ether oxygens (including phenoxy) is 2. The second-order valence-electron chi connectivity index (χ2n) is 6.32. The number of hydrogen-bond acceptors (Lipinski definition) is 4. The Balaban J connectivity index is 0.00000225. The van der Waals surface area contributed by atoms with E-state index in [-0.39, 0.29) is 24.0 Å². The third-order valence-corrected chi connectivity index (χ3v) is 4.52. The zero-order valence-electron chi connectivity index (χ0n) is 15.7. The Morgan fingerprint density at radius 3 is 2.89 bits per heavy atom. The zero-order valence-corrected chi connectivity index (χ0v) is 18.1. The highest BCUT2D eigenvalue weighted by Crippen LogP contribution is 2.32. The molecule has 0 bridgehead atoms. The zero-order chi connectivity index (χ0) is 18.5. The first-order valence-corrected chi connectivity index (χ1v) is 9.06. The Morgan fingerprint density at radius 2 is 2.00 bits per heavy atom. The number of nitrogens with one attached hydrogen (secondary N) is 2. The predicted molar refractivity (Wildman–Crippen MR) is 121 cm³/mol. The van der Waals surface area contributed by atoms with Crippen LogP contribution >= 0.6 is 24.0 Å². The van der Waals surface area contributed by atoms with Crippen LogP contribution in [0.5, 0.6) is 11.5 Å². The molecule has 2 N–H and O–H groups in total. The van der Waals surface area contributed by atoms with Crippen LogP contribution in [0.15, 0.2) is 53.8 Å². The second-order valence-corrected chi connectivity index (χ2v) is 6.32. The molecular weight excluding hydrogens is 469 g/mol. The monoisotopic (exact) mass is 493 g/mol. The molecule has 0 aliphatic carbocycles. The number of para-hydroxylation sites is 2. The lowest BCUT2D eigenvalue weighted by Crippen LogP contribution is -2.37. The fourth-order valence-electron chi connectivity index (χ4n) is 3.10. The van der Waals surface area contributed by atoms with Crippen molar-refractivity contribution < 1.29 is 9.47 Å². The molecule has 1 aliphatic rings. The highest BCUT2D eigenvalue weighted by Gasteiger charge is 2.13. The molecule has 1 aliphatic heterocycles. The van der Waals surface area contributed by atoms with Crippen LogP contribution in [-0.2, 0) is 13.1 Å². The largest absolute Gasteiger partial charge is 0.454 e. The lowest BCUT2D eigenvalue weighted by molar-refractivity contribution is 0.174. The number of aromatic nitrogens is 2. The standard InChI is InChI=1S/C20H23N5O2.HI/c1-21-20(23-12-15-7-8-18-19(11-15)27-14-26-18)22-9-4-10-25-13-24-16-5-2-3-6-17(16)25;/h2-3,5-8,11,13H,4,9-10,12,14H2,1H3,(H2,21,22,23);1H. The molecule has 7 nitrogen and oxygen atoms in total. The maximum absolute atomic E-state index is 5.41. The Kier molecular flexibility index (Phi) is 6.96. The average molecular weight is 493 g/mol. The molecule has 0 unspecified atom stereocenters. The molecule has 0 spiro atoms. The summed E-state index contributed by atoms with van der Waals surface area (Å²) >= 11 is 0. The number of aryl methyl sites for hydroxylation is 1. The number of aliphatic imine (C=N–C) groups is 1. The van der Waals surface area contributed by atoms with E-state index in [1.54, 1.807) is 7.05 Å². The van der Waals surface area contributed by atoms with Crippen LogP contribution in [-0.4, -0.2) is 35.9 Å². The Labute approximate surface area is 181 Å². The number of imidazole rings is 1. The van der Waals surface area contributed by atoms with Gasteiger partial charge < -0.3 is 24.7 Å². The van der Waals surface area contributed by atoms with Crippen molar-refractivity contribution in [1.29, 1.82) is 0 Å². The van der Waals surface area contributed by atoms with Gasteiger partial charge in [-0.25, -0.2) is 4.98 Å². The lowest BCUT2D eigenvalue weighted by atomic mass is 10.2. The van der Waals surface area contributed by atoms with Crippen LogP contribution in [0.1, 0.15) is 12.0 Å². The topological polar surface area (TPSA) is 72.7 Å². The minimum absolute atomic E-state index is 0. The molecule has 148 valence electrons. The summed E-state index contributed by atoms with van der Waals surface area (Å²) < 4.78 is 12.9. The molecule has 0 saturated heterocycles. The van der Waals surface area contributed by atoms with Crippen LogP contribution in [0.3, 0.4) is 0 Å². The van der Waals surface area contributed by atoms with Crippen molar-refractivity contribution in [2.24, 2.45) is 4.99 Å². The van der Waals surface area contributed by atoms with Crippen molar-refractivity contribution in [3.8, 4) is 11.5 Å². The summed E-state index contributed by atoms with van der Waals surface area (Å²) in [7, 11) is 1.78. The molecule has 2 heterocycles. The first kappa shape index (κ1) is 20.2. The van der Waals surface area contributed by atoms with Crippen LogP contribution in [0.2, 0.25) is 0 Å². The molecule has 2 aromatic carbocycles.